The summed E-state index contributed by atoms with van der Waals surface area (Å²) in [6.45, 7) is 2.19. The summed E-state index contributed by atoms with van der Waals surface area (Å²) in [5.74, 6) is 1.00. The third kappa shape index (κ3) is 1.89. The van der Waals surface area contributed by atoms with Crippen LogP contribution in [0.4, 0.5) is 0 Å². The van der Waals surface area contributed by atoms with Crippen LogP contribution in [0.1, 0.15) is 18.4 Å². The van der Waals surface area contributed by atoms with Crippen molar-refractivity contribution in [2.24, 2.45) is 0 Å². The van der Waals surface area contributed by atoms with E-state index in [9.17, 15) is 5.11 Å². The average Bonchev–Trinajstić information content (AvgIpc) is 2.36. The third-order valence-electron chi connectivity index (χ3n) is 2.93. The van der Waals surface area contributed by atoms with Gasteiger partial charge in [0.15, 0.2) is 0 Å². The summed E-state index contributed by atoms with van der Waals surface area (Å²) >= 11 is 0. The molecule has 2 heteroatoms. The number of rotatable bonds is 3. The molecule has 0 bridgehead atoms. The zero-order chi connectivity index (χ0) is 11.5. The number of hydrogen-bond donors (Lipinski definition) is 1. The highest BCUT2D eigenvalue weighted by atomic mass is 16.5. The molecule has 16 heavy (non-hydrogen) atoms. The van der Waals surface area contributed by atoms with Gasteiger partial charge in [-0.1, -0.05) is 31.2 Å². The van der Waals surface area contributed by atoms with Crippen LogP contribution in [0.25, 0.3) is 10.8 Å². The van der Waals surface area contributed by atoms with Gasteiger partial charge in [-0.05, 0) is 28.5 Å². The summed E-state index contributed by atoms with van der Waals surface area (Å²) in [5, 5.41) is 11.6. The first-order valence-electron chi connectivity index (χ1n) is 5.43. The summed E-state index contributed by atoms with van der Waals surface area (Å²) in [7, 11) is 1.67. The summed E-state index contributed by atoms with van der Waals surface area (Å²) in [5.41, 5.74) is 1.17. The molecule has 2 aromatic carbocycles. The van der Waals surface area contributed by atoms with E-state index in [1.165, 1.54) is 10.9 Å². The molecule has 0 heterocycles. The summed E-state index contributed by atoms with van der Waals surface area (Å²) in [6, 6.07) is 12.2. The lowest BCUT2D eigenvalue weighted by Crippen LogP contribution is -1.99. The van der Waals surface area contributed by atoms with Gasteiger partial charge in [0.1, 0.15) is 5.75 Å². The van der Waals surface area contributed by atoms with Gasteiger partial charge in [0.2, 0.25) is 0 Å². The topological polar surface area (TPSA) is 29.5 Å². The minimum atomic E-state index is 0.149. The SMILES string of the molecule is COc1ccc2cccc(C(C)CO)c2c1. The molecule has 0 aliphatic rings. The first-order chi connectivity index (χ1) is 7.76. The van der Waals surface area contributed by atoms with Crippen LogP contribution in [0.15, 0.2) is 36.4 Å². The Kier molecular flexibility index (Phi) is 3.11. The van der Waals surface area contributed by atoms with Crippen LogP contribution in [0.3, 0.4) is 0 Å². The largest absolute Gasteiger partial charge is 0.497 e. The molecule has 0 aliphatic carbocycles. The molecule has 1 atom stereocenters. The summed E-state index contributed by atoms with van der Waals surface area (Å²) in [6.07, 6.45) is 0. The van der Waals surface area contributed by atoms with Crippen molar-refractivity contribution < 1.29 is 9.84 Å². The van der Waals surface area contributed by atoms with Crippen molar-refractivity contribution in [3.05, 3.63) is 42.0 Å². The van der Waals surface area contributed by atoms with Crippen molar-refractivity contribution in [2.75, 3.05) is 13.7 Å². The molecular formula is C14H16O2. The number of aliphatic hydroxyl groups is 1. The lowest BCUT2D eigenvalue weighted by atomic mass is 9.95. The second-order valence-electron chi connectivity index (χ2n) is 4.02. The average molecular weight is 216 g/mol. The van der Waals surface area contributed by atoms with Gasteiger partial charge in [-0.25, -0.2) is 0 Å². The number of fused-ring (bicyclic) bond motifs is 1. The molecule has 1 unspecified atom stereocenters. The van der Waals surface area contributed by atoms with Crippen molar-refractivity contribution in [1.29, 1.82) is 0 Å². The first-order valence-corrected chi connectivity index (χ1v) is 5.43. The molecule has 1 N–H and O–H groups in total. The maximum Gasteiger partial charge on any atom is 0.119 e. The molecule has 0 amide bonds. The van der Waals surface area contributed by atoms with Crippen LogP contribution in [0.2, 0.25) is 0 Å². The predicted octanol–water partition coefficient (Wildman–Crippen LogP) is 2.94. The Morgan fingerprint density at radius 1 is 1.25 bits per heavy atom. The van der Waals surface area contributed by atoms with Gasteiger partial charge in [0.05, 0.1) is 7.11 Å². The molecule has 0 spiro atoms. The molecule has 0 saturated carbocycles. The third-order valence-corrected chi connectivity index (χ3v) is 2.93. The minimum absolute atomic E-state index is 0.149. The van der Waals surface area contributed by atoms with Gasteiger partial charge < -0.3 is 9.84 Å². The zero-order valence-electron chi connectivity index (χ0n) is 9.60. The monoisotopic (exact) mass is 216 g/mol. The van der Waals surface area contributed by atoms with E-state index in [1.54, 1.807) is 7.11 Å². The number of methoxy groups -OCH3 is 1. The lowest BCUT2D eigenvalue weighted by Gasteiger charge is -2.12. The first kappa shape index (κ1) is 11.0. The Morgan fingerprint density at radius 3 is 2.75 bits per heavy atom. The molecule has 2 rings (SSSR count). The highest BCUT2D eigenvalue weighted by Gasteiger charge is 2.08. The van der Waals surface area contributed by atoms with Crippen LogP contribution in [0, 0.1) is 0 Å². The van der Waals surface area contributed by atoms with E-state index in [-0.39, 0.29) is 12.5 Å². The van der Waals surface area contributed by atoms with Crippen molar-refractivity contribution in [3.8, 4) is 5.75 Å². The van der Waals surface area contributed by atoms with Crippen molar-refractivity contribution in [2.45, 2.75) is 12.8 Å². The molecule has 0 aliphatic heterocycles. The molecule has 0 radical (unpaired) electrons. The van der Waals surface area contributed by atoms with Gasteiger partial charge in [0, 0.05) is 12.5 Å². The van der Waals surface area contributed by atoms with Gasteiger partial charge >= 0.3 is 0 Å². The predicted molar refractivity (Wildman–Crippen MR) is 66.0 cm³/mol. The molecule has 2 aromatic rings. The van der Waals surface area contributed by atoms with Crippen LogP contribution in [-0.4, -0.2) is 18.8 Å². The van der Waals surface area contributed by atoms with E-state index in [4.69, 9.17) is 4.74 Å². The van der Waals surface area contributed by atoms with E-state index in [0.29, 0.717) is 0 Å². The van der Waals surface area contributed by atoms with E-state index in [2.05, 4.69) is 12.1 Å². The van der Waals surface area contributed by atoms with Gasteiger partial charge in [-0.15, -0.1) is 0 Å². The van der Waals surface area contributed by atoms with Crippen molar-refractivity contribution in [1.82, 2.24) is 0 Å². The number of ether oxygens (including phenoxy) is 1. The standard InChI is InChI=1S/C14H16O2/c1-10(9-15)13-5-3-4-11-6-7-12(16-2)8-14(11)13/h3-8,10,15H,9H2,1-2H3. The maximum atomic E-state index is 9.24. The van der Waals surface area contributed by atoms with Gasteiger partial charge in [-0.2, -0.15) is 0 Å². The Hall–Kier alpha value is -1.54. The van der Waals surface area contributed by atoms with E-state index in [1.807, 2.05) is 31.2 Å². The molecular weight excluding hydrogens is 200 g/mol. The number of hydrogen-bond acceptors (Lipinski definition) is 2. The lowest BCUT2D eigenvalue weighted by molar-refractivity contribution is 0.273. The van der Waals surface area contributed by atoms with Crippen molar-refractivity contribution in [3.63, 3.8) is 0 Å². The van der Waals surface area contributed by atoms with E-state index < -0.39 is 0 Å². The molecule has 0 fully saturated rings. The highest BCUT2D eigenvalue weighted by molar-refractivity contribution is 5.87. The normalized spacial score (nSPS) is 12.7. The van der Waals surface area contributed by atoms with Gasteiger partial charge in [0.25, 0.3) is 0 Å². The molecule has 84 valence electrons. The Labute approximate surface area is 95.5 Å². The number of aliphatic hydroxyl groups excluding tert-OH is 1. The van der Waals surface area contributed by atoms with E-state index in [0.717, 1.165) is 11.1 Å². The molecule has 2 nitrogen and oxygen atoms in total. The van der Waals surface area contributed by atoms with Crippen molar-refractivity contribution >= 4 is 10.8 Å². The van der Waals surface area contributed by atoms with Crippen LogP contribution in [-0.2, 0) is 0 Å². The summed E-state index contributed by atoms with van der Waals surface area (Å²) < 4.78 is 5.23. The summed E-state index contributed by atoms with van der Waals surface area (Å²) in [4.78, 5) is 0. The maximum absolute atomic E-state index is 9.24. The van der Waals surface area contributed by atoms with E-state index >= 15 is 0 Å². The fourth-order valence-electron chi connectivity index (χ4n) is 1.93. The second-order valence-corrected chi connectivity index (χ2v) is 4.02. The second kappa shape index (κ2) is 4.54. The Bertz CT molecular complexity index is 491. The van der Waals surface area contributed by atoms with Crippen LogP contribution in [0.5, 0.6) is 5.75 Å². The molecule has 0 aromatic heterocycles. The molecule has 0 saturated heterocycles. The Balaban J connectivity index is 2.64. The fourth-order valence-corrected chi connectivity index (χ4v) is 1.93. The zero-order valence-corrected chi connectivity index (χ0v) is 9.60. The highest BCUT2D eigenvalue weighted by Crippen LogP contribution is 2.28. The number of benzene rings is 2. The quantitative estimate of drug-likeness (QED) is 0.854. The van der Waals surface area contributed by atoms with Gasteiger partial charge in [-0.3, -0.25) is 0 Å². The van der Waals surface area contributed by atoms with Crippen LogP contribution >= 0.6 is 0 Å². The van der Waals surface area contributed by atoms with Crippen LogP contribution < -0.4 is 4.74 Å². The minimum Gasteiger partial charge on any atom is -0.497 e. The fraction of sp³-hybridized carbons (Fsp3) is 0.286. The smallest absolute Gasteiger partial charge is 0.119 e. The Morgan fingerprint density at radius 2 is 2.06 bits per heavy atom.